The zero-order valence-corrected chi connectivity index (χ0v) is 10.6. The zero-order chi connectivity index (χ0) is 13.2. The second kappa shape index (κ2) is 4.90. The molecule has 2 aromatic rings. The Kier molecular flexibility index (Phi) is 3.09. The van der Waals surface area contributed by atoms with Crippen LogP contribution in [0.4, 0.5) is 0 Å². The van der Waals surface area contributed by atoms with Gasteiger partial charge in [-0.1, -0.05) is 24.3 Å². The molecule has 1 aliphatic rings. The predicted molar refractivity (Wildman–Crippen MR) is 71.5 cm³/mol. The molecule has 0 aliphatic carbocycles. The third-order valence-corrected chi connectivity index (χ3v) is 3.49. The number of rotatable bonds is 2. The van der Waals surface area contributed by atoms with Crippen molar-refractivity contribution in [3.05, 3.63) is 59.0 Å². The number of nitrogens with two attached hydrogens (primary N) is 1. The van der Waals surface area contributed by atoms with Crippen LogP contribution in [-0.2, 0) is 19.5 Å². The molecule has 19 heavy (non-hydrogen) atoms. The molecule has 2 heterocycles. The molecule has 2 N–H and O–H groups in total. The molecule has 1 amide bonds. The quantitative estimate of drug-likeness (QED) is 0.893. The van der Waals surface area contributed by atoms with Gasteiger partial charge in [0.25, 0.3) is 5.91 Å². The van der Waals surface area contributed by atoms with Crippen molar-refractivity contribution < 1.29 is 9.21 Å². The fourth-order valence-corrected chi connectivity index (χ4v) is 2.43. The van der Waals surface area contributed by atoms with E-state index in [2.05, 4.69) is 12.1 Å². The summed E-state index contributed by atoms with van der Waals surface area (Å²) >= 11 is 0. The van der Waals surface area contributed by atoms with Crippen LogP contribution in [0.25, 0.3) is 0 Å². The lowest BCUT2D eigenvalue weighted by atomic mass is 10.00. The van der Waals surface area contributed by atoms with Crippen molar-refractivity contribution in [3.63, 3.8) is 0 Å². The van der Waals surface area contributed by atoms with Crippen molar-refractivity contribution in [2.24, 2.45) is 5.73 Å². The topological polar surface area (TPSA) is 59.5 Å². The van der Waals surface area contributed by atoms with Gasteiger partial charge in [-0.05, 0) is 29.7 Å². The van der Waals surface area contributed by atoms with Gasteiger partial charge in [0.05, 0.1) is 6.54 Å². The van der Waals surface area contributed by atoms with Crippen molar-refractivity contribution in [2.45, 2.75) is 19.5 Å². The Morgan fingerprint density at radius 3 is 2.74 bits per heavy atom. The highest BCUT2D eigenvalue weighted by atomic mass is 16.4. The summed E-state index contributed by atoms with van der Waals surface area (Å²) in [5.74, 6) is 0.954. The minimum absolute atomic E-state index is 0.0609. The summed E-state index contributed by atoms with van der Waals surface area (Å²) in [4.78, 5) is 14.2. The number of carbonyl (C=O) groups excluding carboxylic acids is 1. The van der Waals surface area contributed by atoms with Gasteiger partial charge in [-0.15, -0.1) is 0 Å². The van der Waals surface area contributed by atoms with E-state index in [9.17, 15) is 4.79 Å². The Bertz CT molecular complexity index is 604. The summed E-state index contributed by atoms with van der Waals surface area (Å²) < 4.78 is 5.42. The van der Waals surface area contributed by atoms with Gasteiger partial charge in [0.15, 0.2) is 5.76 Å². The minimum Gasteiger partial charge on any atom is -0.455 e. The summed E-state index contributed by atoms with van der Waals surface area (Å²) in [5.41, 5.74) is 8.03. The van der Waals surface area contributed by atoms with Crippen molar-refractivity contribution in [2.75, 3.05) is 6.54 Å². The molecule has 0 spiro atoms. The number of benzene rings is 1. The monoisotopic (exact) mass is 256 g/mol. The molecule has 0 atom stereocenters. The summed E-state index contributed by atoms with van der Waals surface area (Å²) in [5, 5.41) is 0. The average Bonchev–Trinajstić information content (AvgIpc) is 2.95. The lowest BCUT2D eigenvalue weighted by Crippen LogP contribution is -2.35. The standard InChI is InChI=1S/C15H16N2O2/c16-9-13-5-6-14(19-13)15(18)17-8-7-11-3-1-2-4-12(11)10-17/h1-6H,7-10,16H2. The molecule has 98 valence electrons. The lowest BCUT2D eigenvalue weighted by molar-refractivity contribution is 0.0700. The molecule has 0 radical (unpaired) electrons. The number of amides is 1. The van der Waals surface area contributed by atoms with E-state index in [-0.39, 0.29) is 5.91 Å². The Morgan fingerprint density at radius 2 is 2.00 bits per heavy atom. The van der Waals surface area contributed by atoms with Crippen LogP contribution in [0, 0.1) is 0 Å². The van der Waals surface area contributed by atoms with E-state index in [4.69, 9.17) is 10.2 Å². The zero-order valence-electron chi connectivity index (χ0n) is 10.6. The second-order valence-corrected chi connectivity index (χ2v) is 4.72. The molecule has 1 aromatic heterocycles. The van der Waals surface area contributed by atoms with Gasteiger partial charge in [-0.2, -0.15) is 0 Å². The Hall–Kier alpha value is -2.07. The number of fused-ring (bicyclic) bond motifs is 1. The molecule has 0 unspecified atom stereocenters. The highest BCUT2D eigenvalue weighted by Crippen LogP contribution is 2.20. The fourth-order valence-electron chi connectivity index (χ4n) is 2.43. The SMILES string of the molecule is NCc1ccc(C(=O)N2CCc3ccccc3C2)o1. The Labute approximate surface area is 111 Å². The summed E-state index contributed by atoms with van der Waals surface area (Å²) in [6, 6.07) is 11.7. The molecule has 0 saturated carbocycles. The molecule has 1 aliphatic heterocycles. The van der Waals surface area contributed by atoms with Gasteiger partial charge in [0.2, 0.25) is 0 Å². The molecule has 3 rings (SSSR count). The van der Waals surface area contributed by atoms with Crippen molar-refractivity contribution in [1.82, 2.24) is 4.90 Å². The Balaban J connectivity index is 1.79. The Morgan fingerprint density at radius 1 is 1.21 bits per heavy atom. The van der Waals surface area contributed by atoms with Crippen molar-refractivity contribution >= 4 is 5.91 Å². The van der Waals surface area contributed by atoms with Crippen LogP contribution in [0.1, 0.15) is 27.4 Å². The highest BCUT2D eigenvalue weighted by molar-refractivity contribution is 5.91. The van der Waals surface area contributed by atoms with Crippen molar-refractivity contribution in [1.29, 1.82) is 0 Å². The fraction of sp³-hybridized carbons (Fsp3) is 0.267. The van der Waals surface area contributed by atoms with Gasteiger partial charge in [0, 0.05) is 13.1 Å². The number of furan rings is 1. The number of carbonyl (C=O) groups is 1. The van der Waals surface area contributed by atoms with Gasteiger partial charge >= 0.3 is 0 Å². The van der Waals surface area contributed by atoms with E-state index in [1.807, 2.05) is 17.0 Å². The van der Waals surface area contributed by atoms with Crippen LogP contribution in [0.5, 0.6) is 0 Å². The van der Waals surface area contributed by atoms with Crippen LogP contribution >= 0.6 is 0 Å². The first kappa shape index (κ1) is 12.0. The van der Waals surface area contributed by atoms with Crippen LogP contribution in [0.15, 0.2) is 40.8 Å². The smallest absolute Gasteiger partial charge is 0.289 e. The van der Waals surface area contributed by atoms with E-state index in [1.54, 1.807) is 12.1 Å². The van der Waals surface area contributed by atoms with Gasteiger partial charge in [-0.3, -0.25) is 4.79 Å². The largest absolute Gasteiger partial charge is 0.455 e. The molecule has 4 nitrogen and oxygen atoms in total. The first-order valence-electron chi connectivity index (χ1n) is 6.43. The first-order valence-corrected chi connectivity index (χ1v) is 6.43. The lowest BCUT2D eigenvalue weighted by Gasteiger charge is -2.28. The third kappa shape index (κ3) is 2.27. The maximum Gasteiger partial charge on any atom is 0.289 e. The number of hydrogen-bond donors (Lipinski definition) is 1. The van der Waals surface area contributed by atoms with Crippen LogP contribution in [-0.4, -0.2) is 17.4 Å². The normalized spacial score (nSPS) is 14.3. The van der Waals surface area contributed by atoms with Gasteiger partial charge in [-0.25, -0.2) is 0 Å². The van der Waals surface area contributed by atoms with Crippen molar-refractivity contribution in [3.8, 4) is 0 Å². The van der Waals surface area contributed by atoms with Gasteiger partial charge < -0.3 is 15.1 Å². The van der Waals surface area contributed by atoms with E-state index in [0.29, 0.717) is 24.6 Å². The molecular formula is C15H16N2O2. The van der Waals surface area contributed by atoms with Crippen LogP contribution in [0.2, 0.25) is 0 Å². The van der Waals surface area contributed by atoms with E-state index < -0.39 is 0 Å². The number of nitrogens with zero attached hydrogens (tertiary/aromatic N) is 1. The number of hydrogen-bond acceptors (Lipinski definition) is 3. The molecule has 0 fully saturated rings. The summed E-state index contributed by atoms with van der Waals surface area (Å²) in [7, 11) is 0. The van der Waals surface area contributed by atoms with Crippen LogP contribution in [0.3, 0.4) is 0 Å². The van der Waals surface area contributed by atoms with E-state index >= 15 is 0 Å². The molecule has 0 bridgehead atoms. The van der Waals surface area contributed by atoms with E-state index in [1.165, 1.54) is 11.1 Å². The van der Waals surface area contributed by atoms with E-state index in [0.717, 1.165) is 13.0 Å². The first-order chi connectivity index (χ1) is 9.28. The summed E-state index contributed by atoms with van der Waals surface area (Å²) in [6.45, 7) is 1.69. The molecule has 0 saturated heterocycles. The highest BCUT2D eigenvalue weighted by Gasteiger charge is 2.23. The second-order valence-electron chi connectivity index (χ2n) is 4.72. The van der Waals surface area contributed by atoms with Crippen LogP contribution < -0.4 is 5.73 Å². The average molecular weight is 256 g/mol. The van der Waals surface area contributed by atoms with Gasteiger partial charge in [0.1, 0.15) is 5.76 Å². The molecule has 4 heteroatoms. The maximum absolute atomic E-state index is 12.3. The third-order valence-electron chi connectivity index (χ3n) is 3.49. The molecular weight excluding hydrogens is 240 g/mol. The summed E-state index contributed by atoms with van der Waals surface area (Å²) in [6.07, 6.45) is 0.895. The minimum atomic E-state index is -0.0609. The molecule has 1 aromatic carbocycles. The predicted octanol–water partition coefficient (Wildman–Crippen LogP) is 1.94. The maximum atomic E-state index is 12.3.